The van der Waals surface area contributed by atoms with E-state index in [-0.39, 0.29) is 11.5 Å². The Morgan fingerprint density at radius 2 is 2.05 bits per heavy atom. The number of nitrogens with one attached hydrogen (secondary N) is 1. The molecule has 2 aliphatic heterocycles. The van der Waals surface area contributed by atoms with Gasteiger partial charge in [0.2, 0.25) is 0 Å². The number of nitrogens with two attached hydrogens (primary N) is 1. The van der Waals surface area contributed by atoms with Crippen LogP contribution in [0.4, 0.5) is 5.69 Å². The number of anilines is 1. The lowest BCUT2D eigenvalue weighted by molar-refractivity contribution is 0.760. The van der Waals surface area contributed by atoms with Gasteiger partial charge in [0, 0.05) is 12.2 Å². The van der Waals surface area contributed by atoms with Crippen LogP contribution in [0.1, 0.15) is 12.5 Å². The van der Waals surface area contributed by atoms with Crippen molar-refractivity contribution in [3.8, 4) is 11.5 Å². The molecule has 7 heteroatoms. The van der Waals surface area contributed by atoms with E-state index in [0.29, 0.717) is 17.7 Å². The third-order valence-electron chi connectivity index (χ3n) is 3.31. The molecule has 2 aliphatic rings. The summed E-state index contributed by atoms with van der Waals surface area (Å²) in [6.07, 6.45) is 0. The van der Waals surface area contributed by atoms with Crippen LogP contribution < -0.4 is 17.0 Å². The summed E-state index contributed by atoms with van der Waals surface area (Å²) in [5.41, 5.74) is 7.79. The van der Waals surface area contributed by atoms with Crippen molar-refractivity contribution in [2.75, 3.05) is 5.73 Å². The summed E-state index contributed by atoms with van der Waals surface area (Å²) in [6.45, 7) is 4.33. The van der Waals surface area contributed by atoms with E-state index in [0.717, 1.165) is 11.1 Å². The zero-order valence-electron chi connectivity index (χ0n) is 11.1. The van der Waals surface area contributed by atoms with Gasteiger partial charge < -0.3 is 10.3 Å². The van der Waals surface area contributed by atoms with E-state index < -0.39 is 11.2 Å². The molecular weight excluding hydrogens is 258 g/mol. The average Bonchev–Trinajstić information content (AvgIpc) is 2.39. The predicted molar refractivity (Wildman–Crippen MR) is 75.9 cm³/mol. The molecule has 0 unspecified atom stereocenters. The molecule has 3 rings (SSSR count). The number of hydrogen-bond acceptors (Lipinski definition) is 5. The van der Waals surface area contributed by atoms with Crippen LogP contribution in [0.3, 0.4) is 0 Å². The molecule has 1 aromatic carbocycles. The van der Waals surface area contributed by atoms with E-state index in [1.807, 2.05) is 19.9 Å². The summed E-state index contributed by atoms with van der Waals surface area (Å²) in [7, 11) is 0. The molecule has 0 spiro atoms. The number of hydrogen-bond donors (Lipinski definition) is 2. The molecular formula is C13H13N5O2. The molecule has 0 aliphatic carbocycles. The predicted octanol–water partition coefficient (Wildman–Crippen LogP) is 0.495. The third-order valence-corrected chi connectivity index (χ3v) is 3.31. The molecule has 0 amide bonds. The lowest BCUT2D eigenvalue weighted by Crippen LogP contribution is -2.28. The maximum Gasteiger partial charge on any atom is 0.349 e. The van der Waals surface area contributed by atoms with Crippen molar-refractivity contribution in [3.05, 3.63) is 38.5 Å². The van der Waals surface area contributed by atoms with Crippen LogP contribution in [0.25, 0.3) is 22.6 Å². The molecule has 7 nitrogen and oxygen atoms in total. The molecule has 3 N–H and O–H groups in total. The second-order valence-corrected chi connectivity index (χ2v) is 4.60. The average molecular weight is 271 g/mol. The highest BCUT2D eigenvalue weighted by Crippen LogP contribution is 2.24. The summed E-state index contributed by atoms with van der Waals surface area (Å²) in [4.78, 5) is 33.6. The van der Waals surface area contributed by atoms with Crippen molar-refractivity contribution in [1.29, 1.82) is 0 Å². The minimum absolute atomic E-state index is 0.156. The Morgan fingerprint density at radius 3 is 2.75 bits per heavy atom. The maximum atomic E-state index is 11.9. The first-order valence-corrected chi connectivity index (χ1v) is 6.22. The highest BCUT2D eigenvalue weighted by atomic mass is 16.2. The van der Waals surface area contributed by atoms with Gasteiger partial charge in [-0.2, -0.15) is 4.98 Å². The number of rotatable bonds is 1. The van der Waals surface area contributed by atoms with Gasteiger partial charge in [-0.3, -0.25) is 9.78 Å². The van der Waals surface area contributed by atoms with E-state index in [1.165, 1.54) is 0 Å². The van der Waals surface area contributed by atoms with Crippen molar-refractivity contribution in [3.63, 3.8) is 0 Å². The number of benzene rings is 1. The normalized spacial score (nSPS) is 11.3. The van der Waals surface area contributed by atoms with Crippen LogP contribution >= 0.6 is 0 Å². The van der Waals surface area contributed by atoms with Crippen LogP contribution in [0, 0.1) is 6.92 Å². The fourth-order valence-corrected chi connectivity index (χ4v) is 2.28. The molecule has 0 saturated heterocycles. The van der Waals surface area contributed by atoms with E-state index in [1.54, 1.807) is 10.6 Å². The molecule has 0 radical (unpaired) electrons. The maximum absolute atomic E-state index is 11.9. The van der Waals surface area contributed by atoms with Crippen molar-refractivity contribution < 1.29 is 0 Å². The van der Waals surface area contributed by atoms with Gasteiger partial charge in [0.25, 0.3) is 5.56 Å². The molecule has 102 valence electrons. The van der Waals surface area contributed by atoms with Crippen LogP contribution in [-0.4, -0.2) is 19.5 Å². The zero-order chi connectivity index (χ0) is 14.4. The number of aryl methyl sites for hydroxylation is 2. The lowest BCUT2D eigenvalue weighted by atomic mass is 10.1. The Balaban J connectivity index is 2.61. The largest absolute Gasteiger partial charge is 0.398 e. The molecule has 0 atom stereocenters. The Kier molecular flexibility index (Phi) is 2.56. The number of H-pyrrole nitrogens is 1. The molecule has 0 bridgehead atoms. The van der Waals surface area contributed by atoms with E-state index >= 15 is 0 Å². The molecule has 0 fully saturated rings. The first-order valence-electron chi connectivity index (χ1n) is 6.22. The first-order chi connectivity index (χ1) is 9.51. The SMILES string of the molecule is CCn1c2nc(=O)[nH]c(=O)c-2nc2cc(C)c(N)cc21. The molecule has 20 heavy (non-hydrogen) atoms. The fourth-order valence-electron chi connectivity index (χ4n) is 2.28. The van der Waals surface area contributed by atoms with Gasteiger partial charge in [0.15, 0.2) is 11.5 Å². The number of nitrogens with zero attached hydrogens (tertiary/aromatic N) is 3. The zero-order valence-corrected chi connectivity index (χ0v) is 11.1. The summed E-state index contributed by atoms with van der Waals surface area (Å²) in [5, 5.41) is 0. The van der Waals surface area contributed by atoms with Crippen LogP contribution in [0.15, 0.2) is 21.7 Å². The fraction of sp³-hybridized carbons (Fsp3) is 0.231. The van der Waals surface area contributed by atoms with Gasteiger partial charge >= 0.3 is 5.69 Å². The second-order valence-electron chi connectivity index (χ2n) is 4.60. The van der Waals surface area contributed by atoms with Crippen LogP contribution in [-0.2, 0) is 6.54 Å². The van der Waals surface area contributed by atoms with Gasteiger partial charge in [0.1, 0.15) is 0 Å². The Morgan fingerprint density at radius 1 is 1.30 bits per heavy atom. The van der Waals surface area contributed by atoms with Gasteiger partial charge in [-0.15, -0.1) is 0 Å². The van der Waals surface area contributed by atoms with E-state index in [2.05, 4.69) is 15.0 Å². The van der Waals surface area contributed by atoms with Crippen LogP contribution in [0.5, 0.6) is 0 Å². The summed E-state index contributed by atoms with van der Waals surface area (Å²) in [5.74, 6) is 0.275. The van der Waals surface area contributed by atoms with Crippen molar-refractivity contribution >= 4 is 16.7 Å². The number of nitrogen functional groups attached to an aromatic ring is 1. The number of aromatic nitrogens is 4. The summed E-state index contributed by atoms with van der Waals surface area (Å²) < 4.78 is 1.77. The number of aromatic amines is 1. The topological polar surface area (TPSA) is 107 Å². The van der Waals surface area contributed by atoms with Gasteiger partial charge in [-0.1, -0.05) is 0 Å². The summed E-state index contributed by atoms with van der Waals surface area (Å²) >= 11 is 0. The summed E-state index contributed by atoms with van der Waals surface area (Å²) in [6, 6.07) is 3.61. The lowest BCUT2D eigenvalue weighted by Gasteiger charge is -2.15. The van der Waals surface area contributed by atoms with Gasteiger partial charge in [-0.25, -0.2) is 9.78 Å². The third kappa shape index (κ3) is 1.67. The quantitative estimate of drug-likeness (QED) is 0.495. The van der Waals surface area contributed by atoms with Gasteiger partial charge in [-0.05, 0) is 31.5 Å². The monoisotopic (exact) mass is 271 g/mol. The Labute approximate surface area is 113 Å². The molecule has 2 heterocycles. The minimum atomic E-state index is -0.675. The van der Waals surface area contributed by atoms with Gasteiger partial charge in [0.05, 0.1) is 11.0 Å². The molecule has 1 aromatic rings. The van der Waals surface area contributed by atoms with Crippen molar-refractivity contribution in [2.24, 2.45) is 0 Å². The highest BCUT2D eigenvalue weighted by Gasteiger charge is 2.18. The second kappa shape index (κ2) is 4.16. The minimum Gasteiger partial charge on any atom is -0.398 e. The van der Waals surface area contributed by atoms with Crippen molar-refractivity contribution in [2.45, 2.75) is 20.4 Å². The molecule has 0 aromatic heterocycles. The standard InChI is InChI=1S/C13H13N5O2/c1-3-18-9-5-7(14)6(2)4-8(9)15-10-11(18)16-13(20)17-12(10)19/h4-5H,3,14H2,1-2H3,(H,17,19,20). The van der Waals surface area contributed by atoms with E-state index in [4.69, 9.17) is 5.73 Å². The molecule has 0 saturated carbocycles. The Hall–Kier alpha value is -2.70. The van der Waals surface area contributed by atoms with E-state index in [9.17, 15) is 9.59 Å². The Bertz CT molecular complexity index is 909. The first kappa shape index (κ1) is 12.3. The highest BCUT2D eigenvalue weighted by molar-refractivity contribution is 5.83. The van der Waals surface area contributed by atoms with Crippen molar-refractivity contribution in [1.82, 2.24) is 19.5 Å². The van der Waals surface area contributed by atoms with Crippen LogP contribution in [0.2, 0.25) is 0 Å². The number of fused-ring (bicyclic) bond motifs is 2. The smallest absolute Gasteiger partial charge is 0.349 e.